The summed E-state index contributed by atoms with van der Waals surface area (Å²) >= 11 is 0. The lowest BCUT2D eigenvalue weighted by molar-refractivity contribution is -0.124. The molecule has 24 heavy (non-hydrogen) atoms. The first-order chi connectivity index (χ1) is 11.6. The van der Waals surface area contributed by atoms with E-state index in [1.165, 1.54) is 19.5 Å². The van der Waals surface area contributed by atoms with Crippen molar-refractivity contribution in [2.45, 2.75) is 25.4 Å². The third-order valence-electron chi connectivity index (χ3n) is 4.88. The molecule has 0 radical (unpaired) electrons. The van der Waals surface area contributed by atoms with Crippen LogP contribution in [0.4, 0.5) is 10.3 Å². The summed E-state index contributed by atoms with van der Waals surface area (Å²) in [5, 5.41) is 2.88. The molecule has 2 atom stereocenters. The van der Waals surface area contributed by atoms with Crippen LogP contribution in [0.3, 0.4) is 0 Å². The summed E-state index contributed by atoms with van der Waals surface area (Å²) in [5.74, 6) is -0.00292. The van der Waals surface area contributed by atoms with Gasteiger partial charge in [-0.3, -0.25) is 4.79 Å². The van der Waals surface area contributed by atoms with E-state index in [1.54, 1.807) is 0 Å². The molecule has 0 aromatic carbocycles. The summed E-state index contributed by atoms with van der Waals surface area (Å²) < 4.78 is 23.8. The normalized spacial score (nSPS) is 26.2. The van der Waals surface area contributed by atoms with E-state index in [0.717, 1.165) is 39.0 Å². The average Bonchev–Trinajstić information content (AvgIpc) is 2.98. The van der Waals surface area contributed by atoms with Gasteiger partial charge in [-0.25, -0.2) is 14.4 Å². The molecule has 0 bridgehead atoms. The van der Waals surface area contributed by atoms with Crippen molar-refractivity contribution in [1.29, 1.82) is 0 Å². The highest BCUT2D eigenvalue weighted by Crippen LogP contribution is 2.43. The Bertz CT molecular complexity index is 571. The number of aromatic nitrogens is 2. The summed E-state index contributed by atoms with van der Waals surface area (Å²) in [7, 11) is 1.50. The van der Waals surface area contributed by atoms with Gasteiger partial charge >= 0.3 is 0 Å². The second-order valence-electron chi connectivity index (χ2n) is 6.42. The first-order valence-electron chi connectivity index (χ1n) is 8.23. The Balaban J connectivity index is 1.64. The molecule has 7 nitrogen and oxygen atoms in total. The minimum Gasteiger partial charge on any atom is -0.377 e. The Morgan fingerprint density at radius 2 is 2.33 bits per heavy atom. The number of fused-ring (bicyclic) bond motifs is 1. The van der Waals surface area contributed by atoms with Crippen molar-refractivity contribution in [3.63, 3.8) is 0 Å². The molecule has 132 valence electrons. The summed E-state index contributed by atoms with van der Waals surface area (Å²) in [5.41, 5.74) is -0.0314. The van der Waals surface area contributed by atoms with Crippen LogP contribution in [0, 0.1) is 11.2 Å². The Labute approximate surface area is 140 Å². The van der Waals surface area contributed by atoms with E-state index in [0.29, 0.717) is 12.5 Å². The molecule has 8 heteroatoms. The first-order valence-corrected chi connectivity index (χ1v) is 8.23. The van der Waals surface area contributed by atoms with Crippen molar-refractivity contribution >= 4 is 11.9 Å². The van der Waals surface area contributed by atoms with Gasteiger partial charge in [-0.2, -0.15) is 0 Å². The Morgan fingerprint density at radius 3 is 3.08 bits per heavy atom. The fraction of sp³-hybridized carbons (Fsp3) is 0.688. The highest BCUT2D eigenvalue weighted by molar-refractivity contribution is 5.77. The quantitative estimate of drug-likeness (QED) is 0.825. The number of piperidine rings is 1. The average molecular weight is 338 g/mol. The predicted octanol–water partition coefficient (Wildman–Crippen LogP) is 0.754. The summed E-state index contributed by atoms with van der Waals surface area (Å²) in [6.07, 6.45) is 5.22. The maximum Gasteiger partial charge on any atom is 0.245 e. The number of hydrogen-bond acceptors (Lipinski definition) is 6. The van der Waals surface area contributed by atoms with Crippen LogP contribution in [0.2, 0.25) is 0 Å². The number of carbonyl (C=O) groups is 1. The zero-order valence-corrected chi connectivity index (χ0v) is 13.8. The number of halogens is 1. The number of hydrogen-bond donors (Lipinski definition) is 1. The van der Waals surface area contributed by atoms with E-state index in [1.807, 2.05) is 0 Å². The van der Waals surface area contributed by atoms with Crippen molar-refractivity contribution < 1.29 is 18.7 Å². The smallest absolute Gasteiger partial charge is 0.245 e. The molecule has 1 N–H and O–H groups in total. The fourth-order valence-electron chi connectivity index (χ4n) is 3.68. The van der Waals surface area contributed by atoms with E-state index < -0.39 is 5.82 Å². The van der Waals surface area contributed by atoms with Gasteiger partial charge in [-0.05, 0) is 19.3 Å². The molecule has 1 aromatic rings. The van der Waals surface area contributed by atoms with Crippen molar-refractivity contribution in [1.82, 2.24) is 15.3 Å². The monoisotopic (exact) mass is 338 g/mol. The molecule has 0 unspecified atom stereocenters. The molecule has 2 aliphatic heterocycles. The number of methoxy groups -OCH3 is 1. The van der Waals surface area contributed by atoms with E-state index >= 15 is 0 Å². The fourth-order valence-corrected chi connectivity index (χ4v) is 3.68. The minimum absolute atomic E-state index is 0.0314. The third kappa shape index (κ3) is 3.64. The standard InChI is InChI=1S/C16H23FN4O3/c1-23-10-14(22)18-5-3-16-4-7-24-13(16)2-6-21(11-16)15-19-8-12(17)9-20-15/h8-9,13H,2-7,10-11H2,1H3,(H,18,22)/t13-,16+/m0/s1. The summed E-state index contributed by atoms with van der Waals surface area (Å²) in [4.78, 5) is 21.8. The lowest BCUT2D eigenvalue weighted by Gasteiger charge is -2.43. The van der Waals surface area contributed by atoms with Gasteiger partial charge in [-0.1, -0.05) is 0 Å². The molecular formula is C16H23FN4O3. The molecule has 3 rings (SSSR count). The molecule has 0 aliphatic carbocycles. The molecule has 0 saturated carbocycles. The topological polar surface area (TPSA) is 76.6 Å². The van der Waals surface area contributed by atoms with Crippen LogP contribution in [-0.4, -0.2) is 61.9 Å². The second kappa shape index (κ2) is 7.40. The van der Waals surface area contributed by atoms with Gasteiger partial charge in [0.1, 0.15) is 6.61 Å². The van der Waals surface area contributed by atoms with Gasteiger partial charge in [-0.15, -0.1) is 0 Å². The van der Waals surface area contributed by atoms with E-state index in [-0.39, 0.29) is 24.0 Å². The van der Waals surface area contributed by atoms with Crippen LogP contribution in [0.15, 0.2) is 12.4 Å². The van der Waals surface area contributed by atoms with Crippen molar-refractivity contribution in [3.8, 4) is 0 Å². The maximum absolute atomic E-state index is 13.0. The zero-order chi connectivity index (χ0) is 17.0. The van der Waals surface area contributed by atoms with Crippen molar-refractivity contribution in [2.75, 3.05) is 44.9 Å². The number of nitrogens with one attached hydrogen (secondary N) is 1. The Kier molecular flexibility index (Phi) is 5.25. The van der Waals surface area contributed by atoms with Gasteiger partial charge in [0.25, 0.3) is 0 Å². The molecule has 1 aromatic heterocycles. The SMILES string of the molecule is COCC(=O)NCC[C@]12CCO[C@H]1CCN(c1ncc(F)cn1)C2. The Hall–Kier alpha value is -1.80. The highest BCUT2D eigenvalue weighted by atomic mass is 19.1. The van der Waals surface area contributed by atoms with Gasteiger partial charge in [0, 0.05) is 38.8 Å². The first kappa shape index (κ1) is 17.0. The van der Waals surface area contributed by atoms with Crippen molar-refractivity contribution in [3.05, 3.63) is 18.2 Å². The van der Waals surface area contributed by atoms with E-state index in [4.69, 9.17) is 9.47 Å². The molecule has 2 fully saturated rings. The molecule has 0 spiro atoms. The van der Waals surface area contributed by atoms with Gasteiger partial charge in [0.15, 0.2) is 5.82 Å². The van der Waals surface area contributed by atoms with Crippen LogP contribution < -0.4 is 10.2 Å². The van der Waals surface area contributed by atoms with Gasteiger partial charge in [0.2, 0.25) is 11.9 Å². The van der Waals surface area contributed by atoms with E-state index in [2.05, 4.69) is 20.2 Å². The lowest BCUT2D eigenvalue weighted by atomic mass is 9.74. The number of carbonyl (C=O) groups excluding carboxylic acids is 1. The van der Waals surface area contributed by atoms with Crippen molar-refractivity contribution in [2.24, 2.45) is 5.41 Å². The third-order valence-corrected chi connectivity index (χ3v) is 4.88. The Morgan fingerprint density at radius 1 is 1.54 bits per heavy atom. The van der Waals surface area contributed by atoms with Crippen LogP contribution in [-0.2, 0) is 14.3 Å². The second-order valence-corrected chi connectivity index (χ2v) is 6.42. The maximum atomic E-state index is 13.0. The van der Waals surface area contributed by atoms with Crippen LogP contribution >= 0.6 is 0 Å². The van der Waals surface area contributed by atoms with E-state index in [9.17, 15) is 9.18 Å². The number of rotatable bonds is 6. The summed E-state index contributed by atoms with van der Waals surface area (Å²) in [6, 6.07) is 0. The van der Waals surface area contributed by atoms with Gasteiger partial charge in [0.05, 0.1) is 18.5 Å². The molecule has 2 saturated heterocycles. The molecule has 3 heterocycles. The molecule has 2 aliphatic rings. The largest absolute Gasteiger partial charge is 0.377 e. The lowest BCUT2D eigenvalue weighted by Crippen LogP contribution is -2.51. The van der Waals surface area contributed by atoms with Crippen LogP contribution in [0.5, 0.6) is 0 Å². The highest BCUT2D eigenvalue weighted by Gasteiger charge is 2.47. The number of nitrogens with zero attached hydrogens (tertiary/aromatic N) is 3. The van der Waals surface area contributed by atoms with Crippen LogP contribution in [0.1, 0.15) is 19.3 Å². The number of amides is 1. The predicted molar refractivity (Wildman–Crippen MR) is 85.1 cm³/mol. The number of ether oxygens (including phenoxy) is 2. The van der Waals surface area contributed by atoms with Crippen LogP contribution in [0.25, 0.3) is 0 Å². The van der Waals surface area contributed by atoms with Gasteiger partial charge < -0.3 is 19.7 Å². The number of anilines is 1. The molecular weight excluding hydrogens is 315 g/mol. The molecule has 1 amide bonds. The summed E-state index contributed by atoms with van der Waals surface area (Å²) in [6.45, 7) is 2.93. The zero-order valence-electron chi connectivity index (χ0n) is 13.8. The minimum atomic E-state index is -0.437.